The summed E-state index contributed by atoms with van der Waals surface area (Å²) in [5.41, 5.74) is 1.46. The van der Waals surface area contributed by atoms with Gasteiger partial charge in [-0.3, -0.25) is 4.79 Å². The predicted octanol–water partition coefficient (Wildman–Crippen LogP) is 1.35. The molecule has 1 amide bonds. The number of nitrogens with one attached hydrogen (secondary N) is 2. The topological polar surface area (TPSA) is 120 Å². The highest BCUT2D eigenvalue weighted by Crippen LogP contribution is 2.34. The standard InChI is InChI=1S/C17H19N3O5S/c1-11(12-2-5-14(6-3-12)26(18,22)23)19-9-17(21)20-13-4-7-15-16(8-13)25-10-24-15/h2-8,11,19H,9-10H2,1H3,(H,20,21)(H2,18,22,23)/t11-/m1/s1. The summed E-state index contributed by atoms with van der Waals surface area (Å²) in [7, 11) is -3.71. The molecule has 0 spiro atoms. The van der Waals surface area contributed by atoms with E-state index < -0.39 is 10.0 Å². The molecule has 0 bridgehead atoms. The van der Waals surface area contributed by atoms with Crippen LogP contribution >= 0.6 is 0 Å². The van der Waals surface area contributed by atoms with Crippen LogP contribution in [0.5, 0.6) is 11.5 Å². The van der Waals surface area contributed by atoms with Crippen molar-refractivity contribution in [1.29, 1.82) is 0 Å². The molecule has 3 rings (SSSR count). The van der Waals surface area contributed by atoms with E-state index in [1.807, 2.05) is 6.92 Å². The van der Waals surface area contributed by atoms with E-state index >= 15 is 0 Å². The maximum atomic E-state index is 12.1. The zero-order valence-electron chi connectivity index (χ0n) is 14.1. The van der Waals surface area contributed by atoms with Crippen molar-refractivity contribution in [3.63, 3.8) is 0 Å². The van der Waals surface area contributed by atoms with E-state index in [1.54, 1.807) is 30.3 Å². The van der Waals surface area contributed by atoms with Gasteiger partial charge in [0.1, 0.15) is 0 Å². The maximum absolute atomic E-state index is 12.1. The number of amides is 1. The van der Waals surface area contributed by atoms with Crippen molar-refractivity contribution >= 4 is 21.6 Å². The van der Waals surface area contributed by atoms with Crippen LogP contribution in [0.25, 0.3) is 0 Å². The summed E-state index contributed by atoms with van der Waals surface area (Å²) < 4.78 is 33.0. The van der Waals surface area contributed by atoms with Crippen LogP contribution in [-0.2, 0) is 14.8 Å². The van der Waals surface area contributed by atoms with Crippen LogP contribution in [0, 0.1) is 0 Å². The predicted molar refractivity (Wildman–Crippen MR) is 95.4 cm³/mol. The van der Waals surface area contributed by atoms with Gasteiger partial charge in [0.05, 0.1) is 11.4 Å². The van der Waals surface area contributed by atoms with Crippen molar-refractivity contribution in [2.75, 3.05) is 18.7 Å². The molecule has 0 aliphatic carbocycles. The first kappa shape index (κ1) is 18.2. The Morgan fingerprint density at radius 2 is 1.85 bits per heavy atom. The second-order valence-corrected chi connectivity index (χ2v) is 7.39. The maximum Gasteiger partial charge on any atom is 0.238 e. The fourth-order valence-corrected chi connectivity index (χ4v) is 3.00. The molecule has 138 valence electrons. The summed E-state index contributed by atoms with van der Waals surface area (Å²) in [6, 6.07) is 11.2. The average Bonchev–Trinajstić information content (AvgIpc) is 3.07. The number of benzene rings is 2. The molecule has 0 fully saturated rings. The molecule has 2 aromatic rings. The largest absolute Gasteiger partial charge is 0.454 e. The molecule has 4 N–H and O–H groups in total. The van der Waals surface area contributed by atoms with E-state index in [4.69, 9.17) is 14.6 Å². The monoisotopic (exact) mass is 377 g/mol. The SMILES string of the molecule is C[C@@H](NCC(=O)Nc1ccc2c(c1)OCO2)c1ccc(S(N)(=O)=O)cc1. The lowest BCUT2D eigenvalue weighted by Gasteiger charge is -2.14. The Morgan fingerprint density at radius 3 is 2.54 bits per heavy atom. The fraction of sp³-hybridized carbons (Fsp3) is 0.235. The first-order valence-corrected chi connectivity index (χ1v) is 9.43. The van der Waals surface area contributed by atoms with Gasteiger partial charge in [-0.15, -0.1) is 0 Å². The van der Waals surface area contributed by atoms with Gasteiger partial charge in [-0.2, -0.15) is 0 Å². The van der Waals surface area contributed by atoms with Crippen molar-refractivity contribution in [1.82, 2.24) is 5.32 Å². The highest BCUT2D eigenvalue weighted by atomic mass is 32.2. The third kappa shape index (κ3) is 4.31. The molecule has 1 atom stereocenters. The third-order valence-electron chi connectivity index (χ3n) is 3.93. The molecular weight excluding hydrogens is 358 g/mol. The van der Waals surface area contributed by atoms with Crippen molar-refractivity contribution in [2.45, 2.75) is 17.9 Å². The average molecular weight is 377 g/mol. The summed E-state index contributed by atoms with van der Waals surface area (Å²) in [6.07, 6.45) is 0. The van der Waals surface area contributed by atoms with Gasteiger partial charge in [0, 0.05) is 17.8 Å². The molecule has 1 aliphatic heterocycles. The zero-order valence-corrected chi connectivity index (χ0v) is 14.9. The molecular formula is C17H19N3O5S. The molecule has 0 unspecified atom stereocenters. The van der Waals surface area contributed by atoms with Gasteiger partial charge in [-0.1, -0.05) is 12.1 Å². The number of hydrogen-bond donors (Lipinski definition) is 3. The first-order valence-electron chi connectivity index (χ1n) is 7.88. The summed E-state index contributed by atoms with van der Waals surface area (Å²) in [6.45, 7) is 2.14. The summed E-state index contributed by atoms with van der Waals surface area (Å²) in [4.78, 5) is 12.1. The Bertz CT molecular complexity index is 912. The van der Waals surface area contributed by atoms with Crippen molar-refractivity contribution < 1.29 is 22.7 Å². The second kappa shape index (κ2) is 7.32. The number of rotatable bonds is 6. The number of sulfonamides is 1. The third-order valence-corrected chi connectivity index (χ3v) is 4.86. The number of anilines is 1. The van der Waals surface area contributed by atoms with E-state index in [0.717, 1.165) is 5.56 Å². The molecule has 1 heterocycles. The van der Waals surface area contributed by atoms with E-state index in [0.29, 0.717) is 17.2 Å². The summed E-state index contributed by atoms with van der Waals surface area (Å²) >= 11 is 0. The first-order chi connectivity index (χ1) is 12.3. The molecule has 26 heavy (non-hydrogen) atoms. The van der Waals surface area contributed by atoms with Gasteiger partial charge < -0.3 is 20.1 Å². The van der Waals surface area contributed by atoms with Crippen LogP contribution in [0.3, 0.4) is 0 Å². The van der Waals surface area contributed by atoms with Crippen LogP contribution in [0.1, 0.15) is 18.5 Å². The Labute approximate surface area is 151 Å². The fourth-order valence-electron chi connectivity index (χ4n) is 2.49. The molecule has 0 saturated heterocycles. The number of fused-ring (bicyclic) bond motifs is 1. The van der Waals surface area contributed by atoms with E-state index in [1.165, 1.54) is 12.1 Å². The molecule has 2 aromatic carbocycles. The number of hydrogen-bond acceptors (Lipinski definition) is 6. The lowest BCUT2D eigenvalue weighted by molar-refractivity contribution is -0.115. The number of carbonyl (C=O) groups excluding carboxylic acids is 1. The van der Waals surface area contributed by atoms with Crippen LogP contribution in [-0.4, -0.2) is 27.7 Å². The number of nitrogens with two attached hydrogens (primary N) is 1. The Hall–Kier alpha value is -2.62. The molecule has 0 radical (unpaired) electrons. The Kier molecular flexibility index (Phi) is 5.12. The van der Waals surface area contributed by atoms with Gasteiger partial charge in [-0.25, -0.2) is 13.6 Å². The van der Waals surface area contributed by atoms with Gasteiger partial charge in [0.2, 0.25) is 22.7 Å². The normalized spacial score (nSPS) is 14.1. The second-order valence-electron chi connectivity index (χ2n) is 5.83. The molecule has 0 saturated carbocycles. The van der Waals surface area contributed by atoms with E-state index in [2.05, 4.69) is 10.6 Å². The minimum absolute atomic E-state index is 0.0500. The van der Waals surface area contributed by atoms with Crippen LogP contribution in [0.15, 0.2) is 47.4 Å². The van der Waals surface area contributed by atoms with Crippen LogP contribution in [0.2, 0.25) is 0 Å². The number of ether oxygens (including phenoxy) is 2. The smallest absolute Gasteiger partial charge is 0.238 e. The zero-order chi connectivity index (χ0) is 18.7. The van der Waals surface area contributed by atoms with E-state index in [-0.39, 0.29) is 30.2 Å². The summed E-state index contributed by atoms with van der Waals surface area (Å²) in [5.74, 6) is 1.04. The Balaban J connectivity index is 1.54. The van der Waals surface area contributed by atoms with Crippen molar-refractivity contribution in [3.05, 3.63) is 48.0 Å². The minimum Gasteiger partial charge on any atom is -0.454 e. The molecule has 0 aromatic heterocycles. The minimum atomic E-state index is -3.71. The van der Waals surface area contributed by atoms with Gasteiger partial charge in [0.15, 0.2) is 11.5 Å². The van der Waals surface area contributed by atoms with Crippen molar-refractivity contribution in [2.24, 2.45) is 5.14 Å². The Morgan fingerprint density at radius 1 is 1.15 bits per heavy atom. The van der Waals surface area contributed by atoms with Crippen LogP contribution < -0.4 is 25.2 Å². The molecule has 1 aliphatic rings. The van der Waals surface area contributed by atoms with Crippen LogP contribution in [0.4, 0.5) is 5.69 Å². The lowest BCUT2D eigenvalue weighted by Crippen LogP contribution is -2.30. The van der Waals surface area contributed by atoms with Gasteiger partial charge in [-0.05, 0) is 36.8 Å². The quantitative estimate of drug-likeness (QED) is 0.699. The number of primary sulfonamides is 1. The van der Waals surface area contributed by atoms with Gasteiger partial charge in [0.25, 0.3) is 0 Å². The van der Waals surface area contributed by atoms with Crippen molar-refractivity contribution in [3.8, 4) is 11.5 Å². The molecule has 8 nitrogen and oxygen atoms in total. The van der Waals surface area contributed by atoms with Gasteiger partial charge >= 0.3 is 0 Å². The van der Waals surface area contributed by atoms with E-state index in [9.17, 15) is 13.2 Å². The highest BCUT2D eigenvalue weighted by Gasteiger charge is 2.15. The highest BCUT2D eigenvalue weighted by molar-refractivity contribution is 7.89. The number of carbonyl (C=O) groups is 1. The summed E-state index contributed by atoms with van der Waals surface area (Å²) in [5, 5.41) is 10.9. The lowest BCUT2D eigenvalue weighted by atomic mass is 10.1. The molecule has 9 heteroatoms.